The van der Waals surface area contributed by atoms with Gasteiger partial charge in [-0.05, 0) is 30.3 Å². The molecule has 8 heteroatoms. The highest BCUT2D eigenvalue weighted by Crippen LogP contribution is 2.20. The fourth-order valence-electron chi connectivity index (χ4n) is 3.06. The van der Waals surface area contributed by atoms with Crippen molar-refractivity contribution in [1.82, 2.24) is 19.5 Å². The van der Waals surface area contributed by atoms with Gasteiger partial charge in [-0.25, -0.2) is 9.50 Å². The number of rotatable bonds is 3. The molecule has 7 nitrogen and oxygen atoms in total. The first-order valence-corrected chi connectivity index (χ1v) is 8.72. The zero-order chi connectivity index (χ0) is 18.1. The predicted molar refractivity (Wildman–Crippen MR) is 99.1 cm³/mol. The zero-order valence-electron chi connectivity index (χ0n) is 14.3. The lowest BCUT2D eigenvalue weighted by Crippen LogP contribution is -2.48. The Labute approximate surface area is 155 Å². The molecule has 1 saturated heterocycles. The van der Waals surface area contributed by atoms with E-state index in [1.807, 2.05) is 29.2 Å². The highest BCUT2D eigenvalue weighted by molar-refractivity contribution is 6.30. The summed E-state index contributed by atoms with van der Waals surface area (Å²) in [6, 6.07) is 11.3. The molecule has 1 aliphatic heterocycles. The molecule has 3 aromatic rings. The second-order valence-electron chi connectivity index (χ2n) is 6.06. The van der Waals surface area contributed by atoms with Gasteiger partial charge < -0.3 is 14.5 Å². The maximum absolute atomic E-state index is 12.8. The van der Waals surface area contributed by atoms with Crippen molar-refractivity contribution in [2.75, 3.05) is 38.2 Å². The van der Waals surface area contributed by atoms with Gasteiger partial charge in [-0.3, -0.25) is 4.79 Å². The minimum absolute atomic E-state index is 0.0785. The fourth-order valence-corrected chi connectivity index (χ4v) is 3.18. The van der Waals surface area contributed by atoms with Gasteiger partial charge in [0.05, 0.1) is 13.3 Å². The Kier molecular flexibility index (Phi) is 4.38. The van der Waals surface area contributed by atoms with Crippen molar-refractivity contribution in [3.05, 3.63) is 53.3 Å². The van der Waals surface area contributed by atoms with Crippen molar-refractivity contribution in [1.29, 1.82) is 0 Å². The fraction of sp³-hybridized carbons (Fsp3) is 0.278. The number of methoxy groups -OCH3 is 1. The van der Waals surface area contributed by atoms with Crippen LogP contribution in [0.2, 0.25) is 5.02 Å². The smallest absolute Gasteiger partial charge is 0.274 e. The van der Waals surface area contributed by atoms with Crippen LogP contribution in [-0.2, 0) is 0 Å². The monoisotopic (exact) mass is 371 g/mol. The summed E-state index contributed by atoms with van der Waals surface area (Å²) >= 11 is 5.94. The molecule has 1 aliphatic rings. The van der Waals surface area contributed by atoms with Crippen LogP contribution in [-0.4, -0.2) is 58.7 Å². The van der Waals surface area contributed by atoms with Crippen molar-refractivity contribution >= 4 is 28.8 Å². The van der Waals surface area contributed by atoms with E-state index >= 15 is 0 Å². The molecule has 0 N–H and O–H groups in total. The highest BCUT2D eigenvalue weighted by Gasteiger charge is 2.24. The molecule has 3 heterocycles. The van der Waals surface area contributed by atoms with Gasteiger partial charge >= 0.3 is 0 Å². The summed E-state index contributed by atoms with van der Waals surface area (Å²) in [7, 11) is 1.55. The average molecular weight is 372 g/mol. The molecule has 0 saturated carbocycles. The van der Waals surface area contributed by atoms with Crippen molar-refractivity contribution in [3.8, 4) is 5.88 Å². The normalized spacial score (nSPS) is 14.7. The van der Waals surface area contributed by atoms with Crippen LogP contribution in [0.15, 0.2) is 42.6 Å². The first-order chi connectivity index (χ1) is 12.6. The van der Waals surface area contributed by atoms with E-state index in [1.54, 1.807) is 30.0 Å². The Bertz CT molecular complexity index is 932. The number of benzene rings is 1. The molecule has 0 radical (unpaired) electrons. The summed E-state index contributed by atoms with van der Waals surface area (Å²) in [5.41, 5.74) is 2.13. The topological polar surface area (TPSA) is 63.0 Å². The van der Waals surface area contributed by atoms with E-state index in [9.17, 15) is 4.79 Å². The maximum Gasteiger partial charge on any atom is 0.274 e. The first kappa shape index (κ1) is 16.7. The standard InChI is InChI=1S/C18H18ClN5O2/c1-26-17-7-6-16-20-15(12-24(16)21-17)18(25)23-10-8-22(9-11-23)14-4-2-13(19)3-5-14/h2-7,12H,8-11H2,1H3. The molecule has 0 bridgehead atoms. The van der Waals surface area contributed by atoms with Crippen LogP contribution in [0.1, 0.15) is 10.5 Å². The lowest BCUT2D eigenvalue weighted by molar-refractivity contribution is 0.0741. The minimum atomic E-state index is -0.0785. The molecular weight excluding hydrogens is 354 g/mol. The molecule has 4 rings (SSSR count). The third-order valence-corrected chi connectivity index (χ3v) is 4.73. The third-order valence-electron chi connectivity index (χ3n) is 4.48. The average Bonchev–Trinajstić information content (AvgIpc) is 3.11. The van der Waals surface area contributed by atoms with Crippen molar-refractivity contribution in [2.45, 2.75) is 0 Å². The maximum atomic E-state index is 12.8. The molecule has 134 valence electrons. The van der Waals surface area contributed by atoms with Crippen LogP contribution in [0.5, 0.6) is 5.88 Å². The van der Waals surface area contributed by atoms with Gasteiger partial charge in [0.1, 0.15) is 5.69 Å². The van der Waals surface area contributed by atoms with Crippen LogP contribution in [0.25, 0.3) is 5.65 Å². The van der Waals surface area contributed by atoms with E-state index < -0.39 is 0 Å². The summed E-state index contributed by atoms with van der Waals surface area (Å²) in [6.45, 7) is 2.83. The molecule has 0 spiro atoms. The number of carbonyl (C=O) groups is 1. The van der Waals surface area contributed by atoms with E-state index in [2.05, 4.69) is 15.0 Å². The molecule has 1 aromatic carbocycles. The largest absolute Gasteiger partial charge is 0.480 e. The van der Waals surface area contributed by atoms with Crippen molar-refractivity contribution in [2.24, 2.45) is 0 Å². The minimum Gasteiger partial charge on any atom is -0.480 e. The Balaban J connectivity index is 1.45. The highest BCUT2D eigenvalue weighted by atomic mass is 35.5. The molecule has 26 heavy (non-hydrogen) atoms. The molecule has 0 atom stereocenters. The van der Waals surface area contributed by atoms with E-state index in [1.165, 1.54) is 0 Å². The number of amides is 1. The number of halogens is 1. The lowest BCUT2D eigenvalue weighted by Gasteiger charge is -2.35. The zero-order valence-corrected chi connectivity index (χ0v) is 15.1. The van der Waals surface area contributed by atoms with Crippen LogP contribution in [0.3, 0.4) is 0 Å². The lowest BCUT2D eigenvalue weighted by atomic mass is 10.2. The van der Waals surface area contributed by atoms with Gasteiger partial charge in [0.15, 0.2) is 5.65 Å². The number of ether oxygens (including phenoxy) is 1. The van der Waals surface area contributed by atoms with Gasteiger partial charge in [-0.2, -0.15) is 0 Å². The van der Waals surface area contributed by atoms with Gasteiger partial charge in [0, 0.05) is 43.0 Å². The molecule has 0 aliphatic carbocycles. The van der Waals surface area contributed by atoms with Gasteiger partial charge in [0.2, 0.25) is 5.88 Å². The Hall–Kier alpha value is -2.80. The summed E-state index contributed by atoms with van der Waals surface area (Å²) in [5, 5.41) is 4.96. The van der Waals surface area contributed by atoms with E-state index in [-0.39, 0.29) is 5.91 Å². The Morgan fingerprint density at radius 2 is 1.81 bits per heavy atom. The summed E-state index contributed by atoms with van der Waals surface area (Å²) < 4.78 is 6.67. The molecule has 0 unspecified atom stereocenters. The Morgan fingerprint density at radius 1 is 1.08 bits per heavy atom. The first-order valence-electron chi connectivity index (χ1n) is 8.34. The number of anilines is 1. The number of hydrogen-bond acceptors (Lipinski definition) is 5. The van der Waals surface area contributed by atoms with Crippen LogP contribution < -0.4 is 9.64 Å². The van der Waals surface area contributed by atoms with Gasteiger partial charge in [0.25, 0.3) is 5.91 Å². The molecule has 2 aromatic heterocycles. The van der Waals surface area contributed by atoms with E-state index in [0.717, 1.165) is 23.8 Å². The SMILES string of the molecule is COc1ccc2nc(C(=O)N3CCN(c4ccc(Cl)cc4)CC3)cn2n1. The van der Waals surface area contributed by atoms with Gasteiger partial charge in [-0.1, -0.05) is 11.6 Å². The number of fused-ring (bicyclic) bond motifs is 1. The number of piperazine rings is 1. The number of carbonyl (C=O) groups excluding carboxylic acids is 1. The number of nitrogens with zero attached hydrogens (tertiary/aromatic N) is 5. The van der Waals surface area contributed by atoms with Crippen LogP contribution in [0, 0.1) is 0 Å². The molecule has 1 fully saturated rings. The van der Waals surface area contributed by atoms with Crippen LogP contribution >= 0.6 is 11.6 Å². The van der Waals surface area contributed by atoms with Crippen molar-refractivity contribution in [3.63, 3.8) is 0 Å². The summed E-state index contributed by atoms with van der Waals surface area (Å²) in [5.74, 6) is 0.399. The van der Waals surface area contributed by atoms with E-state index in [4.69, 9.17) is 16.3 Å². The number of hydrogen-bond donors (Lipinski definition) is 0. The molecule has 1 amide bonds. The second-order valence-corrected chi connectivity index (χ2v) is 6.50. The number of aromatic nitrogens is 3. The Morgan fingerprint density at radius 3 is 2.50 bits per heavy atom. The van der Waals surface area contributed by atoms with E-state index in [0.29, 0.717) is 30.3 Å². The second kappa shape index (κ2) is 6.84. The number of imidazole rings is 1. The van der Waals surface area contributed by atoms with Crippen molar-refractivity contribution < 1.29 is 9.53 Å². The summed E-state index contributed by atoms with van der Waals surface area (Å²) in [6.07, 6.45) is 1.64. The third kappa shape index (κ3) is 3.17. The van der Waals surface area contributed by atoms with Gasteiger partial charge in [-0.15, -0.1) is 5.10 Å². The quantitative estimate of drug-likeness (QED) is 0.707. The van der Waals surface area contributed by atoms with Crippen LogP contribution in [0.4, 0.5) is 5.69 Å². The summed E-state index contributed by atoms with van der Waals surface area (Å²) in [4.78, 5) is 21.2. The predicted octanol–water partition coefficient (Wildman–Crippen LogP) is 2.35. The molecular formula is C18H18ClN5O2.